The molecule has 0 bridgehead atoms. The third kappa shape index (κ3) is 3.72. The van der Waals surface area contributed by atoms with Gasteiger partial charge >= 0.3 is 0 Å². The Morgan fingerprint density at radius 2 is 1.92 bits per heavy atom. The minimum atomic E-state index is -3.41. The van der Waals surface area contributed by atoms with E-state index in [2.05, 4.69) is 5.32 Å². The number of phenolic OH excluding ortho intramolecular Hbond substituents is 1. The van der Waals surface area contributed by atoms with E-state index in [1.807, 2.05) is 41.1 Å². The zero-order chi connectivity index (χ0) is 18.7. The molecule has 0 saturated heterocycles. The second-order valence-corrected chi connectivity index (χ2v) is 8.23. The van der Waals surface area contributed by atoms with Gasteiger partial charge in [0, 0.05) is 24.7 Å². The number of aromatic hydroxyl groups is 1. The molecule has 7 heteroatoms. The predicted octanol–water partition coefficient (Wildman–Crippen LogP) is 3.17. The van der Waals surface area contributed by atoms with Crippen molar-refractivity contribution in [3.05, 3.63) is 54.7 Å². The lowest BCUT2D eigenvalue weighted by atomic mass is 10.2. The van der Waals surface area contributed by atoms with Crippen molar-refractivity contribution in [3.8, 4) is 5.75 Å². The molecular weight excluding hydrogens is 352 g/mol. The summed E-state index contributed by atoms with van der Waals surface area (Å²) in [5.74, 6) is -0.518. The first-order chi connectivity index (χ1) is 12.4. The van der Waals surface area contributed by atoms with Gasteiger partial charge in [-0.25, -0.2) is 8.42 Å². The Morgan fingerprint density at radius 1 is 1.15 bits per heavy atom. The van der Waals surface area contributed by atoms with E-state index < -0.39 is 9.84 Å². The lowest BCUT2D eigenvalue weighted by molar-refractivity contribution is -0.116. The summed E-state index contributed by atoms with van der Waals surface area (Å²) < 4.78 is 25.9. The lowest BCUT2D eigenvalue weighted by Gasteiger charge is -2.10. The molecule has 26 heavy (non-hydrogen) atoms. The molecule has 0 radical (unpaired) electrons. The van der Waals surface area contributed by atoms with Crippen LogP contribution in [0.3, 0.4) is 0 Å². The molecule has 0 aliphatic rings. The normalized spacial score (nSPS) is 11.6. The molecule has 1 aromatic heterocycles. The number of nitrogens with zero attached hydrogens (tertiary/aromatic N) is 1. The first-order valence-corrected chi connectivity index (χ1v) is 9.95. The smallest absolute Gasteiger partial charge is 0.226 e. The van der Waals surface area contributed by atoms with Crippen molar-refractivity contribution >= 4 is 32.3 Å². The molecule has 2 N–H and O–H groups in total. The van der Waals surface area contributed by atoms with E-state index in [1.165, 1.54) is 18.2 Å². The summed E-state index contributed by atoms with van der Waals surface area (Å²) in [6.45, 7) is 2.02. The number of carbonyl (C=O) groups is 1. The summed E-state index contributed by atoms with van der Waals surface area (Å²) in [5.41, 5.74) is 1.14. The predicted molar refractivity (Wildman–Crippen MR) is 101 cm³/mol. The number of carbonyl (C=O) groups excluding carboxylic acids is 1. The van der Waals surface area contributed by atoms with Crippen molar-refractivity contribution in [2.75, 3.05) is 11.1 Å². The van der Waals surface area contributed by atoms with Crippen LogP contribution in [0, 0.1) is 0 Å². The van der Waals surface area contributed by atoms with E-state index in [0.717, 1.165) is 10.9 Å². The number of hydrogen-bond donors (Lipinski definition) is 2. The van der Waals surface area contributed by atoms with E-state index in [-0.39, 0.29) is 34.4 Å². The fraction of sp³-hybridized carbons (Fsp3) is 0.211. The fourth-order valence-corrected chi connectivity index (χ4v) is 3.65. The van der Waals surface area contributed by atoms with Crippen LogP contribution in [0.15, 0.2) is 59.6 Å². The number of nitrogens with one attached hydrogen (secondary N) is 1. The Balaban J connectivity index is 1.71. The number of phenols is 1. The lowest BCUT2D eigenvalue weighted by Crippen LogP contribution is -2.15. The Hall–Kier alpha value is -2.80. The van der Waals surface area contributed by atoms with Gasteiger partial charge in [-0.1, -0.05) is 25.1 Å². The summed E-state index contributed by atoms with van der Waals surface area (Å²) in [6.07, 6.45) is 2.12. The van der Waals surface area contributed by atoms with Crippen molar-refractivity contribution in [2.24, 2.45) is 0 Å². The second kappa shape index (κ2) is 7.21. The first-order valence-electron chi connectivity index (χ1n) is 8.30. The molecule has 0 unspecified atom stereocenters. The quantitative estimate of drug-likeness (QED) is 0.651. The third-order valence-corrected chi connectivity index (χ3v) is 5.97. The summed E-state index contributed by atoms with van der Waals surface area (Å²) in [4.78, 5) is 12.3. The summed E-state index contributed by atoms with van der Waals surface area (Å²) in [7, 11) is -3.41. The molecule has 0 aliphatic heterocycles. The Labute approximate surface area is 152 Å². The molecule has 0 atom stereocenters. The van der Waals surface area contributed by atoms with E-state index in [0.29, 0.717) is 6.54 Å². The fourth-order valence-electron chi connectivity index (χ4n) is 2.75. The maximum Gasteiger partial charge on any atom is 0.226 e. The SMILES string of the molecule is CCS(=O)(=O)c1ccc(O)c(NC(=O)CCn2ccc3ccccc32)c1. The number of para-hydroxylation sites is 1. The highest BCUT2D eigenvalue weighted by molar-refractivity contribution is 7.91. The number of aryl methyl sites for hydroxylation is 1. The maximum absolute atomic E-state index is 12.2. The molecule has 3 aromatic rings. The molecule has 0 fully saturated rings. The average molecular weight is 372 g/mol. The monoisotopic (exact) mass is 372 g/mol. The zero-order valence-electron chi connectivity index (χ0n) is 14.3. The number of benzene rings is 2. The highest BCUT2D eigenvalue weighted by Crippen LogP contribution is 2.27. The van der Waals surface area contributed by atoms with E-state index in [9.17, 15) is 18.3 Å². The molecule has 2 aromatic carbocycles. The molecule has 136 valence electrons. The number of sulfone groups is 1. The third-order valence-electron chi connectivity index (χ3n) is 4.24. The highest BCUT2D eigenvalue weighted by atomic mass is 32.2. The van der Waals surface area contributed by atoms with Crippen LogP contribution in [-0.2, 0) is 21.2 Å². The van der Waals surface area contributed by atoms with Gasteiger partial charge in [0.15, 0.2) is 9.84 Å². The summed E-state index contributed by atoms with van der Waals surface area (Å²) in [6, 6.07) is 13.8. The van der Waals surface area contributed by atoms with Crippen LogP contribution < -0.4 is 5.32 Å². The van der Waals surface area contributed by atoms with Crippen LogP contribution in [0.2, 0.25) is 0 Å². The minimum Gasteiger partial charge on any atom is -0.506 e. The Bertz CT molecular complexity index is 1050. The highest BCUT2D eigenvalue weighted by Gasteiger charge is 2.15. The number of rotatable bonds is 6. The molecule has 1 heterocycles. The van der Waals surface area contributed by atoms with Crippen molar-refractivity contribution < 1.29 is 18.3 Å². The van der Waals surface area contributed by atoms with Crippen LogP contribution in [0.5, 0.6) is 5.75 Å². The van der Waals surface area contributed by atoms with E-state index in [4.69, 9.17) is 0 Å². The molecule has 0 aliphatic carbocycles. The number of anilines is 1. The van der Waals surface area contributed by atoms with Crippen molar-refractivity contribution in [2.45, 2.75) is 24.8 Å². The van der Waals surface area contributed by atoms with Gasteiger partial charge in [0.1, 0.15) is 5.75 Å². The average Bonchev–Trinajstić information content (AvgIpc) is 3.05. The topological polar surface area (TPSA) is 88.4 Å². The molecule has 0 spiro atoms. The number of hydrogen-bond acceptors (Lipinski definition) is 4. The van der Waals surface area contributed by atoms with Crippen LogP contribution in [0.4, 0.5) is 5.69 Å². The van der Waals surface area contributed by atoms with Crippen molar-refractivity contribution in [1.82, 2.24) is 4.57 Å². The van der Waals surface area contributed by atoms with Gasteiger partial charge in [-0.15, -0.1) is 0 Å². The van der Waals surface area contributed by atoms with Gasteiger partial charge in [0.25, 0.3) is 0 Å². The first kappa shape index (κ1) is 18.0. The van der Waals surface area contributed by atoms with E-state index in [1.54, 1.807) is 6.92 Å². The minimum absolute atomic E-state index is 0.0497. The van der Waals surface area contributed by atoms with Gasteiger partial charge in [-0.2, -0.15) is 0 Å². The Kier molecular flexibility index (Phi) is 4.99. The van der Waals surface area contributed by atoms with Gasteiger partial charge in [0.2, 0.25) is 5.91 Å². The second-order valence-electron chi connectivity index (χ2n) is 5.95. The van der Waals surface area contributed by atoms with Gasteiger partial charge < -0.3 is 15.0 Å². The number of aromatic nitrogens is 1. The van der Waals surface area contributed by atoms with Gasteiger partial charge in [-0.3, -0.25) is 4.79 Å². The number of amides is 1. The molecule has 0 saturated carbocycles. The molecule has 3 rings (SSSR count). The molecule has 6 nitrogen and oxygen atoms in total. The van der Waals surface area contributed by atoms with Gasteiger partial charge in [0.05, 0.1) is 16.3 Å². The van der Waals surface area contributed by atoms with Crippen molar-refractivity contribution in [3.63, 3.8) is 0 Å². The van der Waals surface area contributed by atoms with Crippen LogP contribution in [-0.4, -0.2) is 29.8 Å². The molecular formula is C19H20N2O4S. The largest absolute Gasteiger partial charge is 0.506 e. The number of fused-ring (bicyclic) bond motifs is 1. The summed E-state index contributed by atoms with van der Waals surface area (Å²) >= 11 is 0. The van der Waals surface area contributed by atoms with Crippen LogP contribution in [0.1, 0.15) is 13.3 Å². The Morgan fingerprint density at radius 3 is 2.69 bits per heavy atom. The molecule has 1 amide bonds. The standard InChI is InChI=1S/C19H20N2O4S/c1-2-26(24,25)15-7-8-18(22)16(13-15)20-19(23)10-12-21-11-9-14-5-3-4-6-17(14)21/h3-9,11,13,22H,2,10,12H2,1H3,(H,20,23). The van der Waals surface area contributed by atoms with Gasteiger partial charge in [-0.05, 0) is 35.7 Å². The summed E-state index contributed by atoms with van der Waals surface area (Å²) in [5, 5.41) is 13.6. The van der Waals surface area contributed by atoms with Crippen LogP contribution >= 0.6 is 0 Å². The zero-order valence-corrected chi connectivity index (χ0v) is 15.2. The van der Waals surface area contributed by atoms with Crippen LogP contribution in [0.25, 0.3) is 10.9 Å². The van der Waals surface area contributed by atoms with E-state index >= 15 is 0 Å². The maximum atomic E-state index is 12.2. The van der Waals surface area contributed by atoms with Crippen molar-refractivity contribution in [1.29, 1.82) is 0 Å².